The second-order valence-corrected chi connectivity index (χ2v) is 15.1. The summed E-state index contributed by atoms with van der Waals surface area (Å²) >= 11 is 0. The third-order valence-corrected chi connectivity index (χ3v) is 11.0. The standard InChI is InChI=1S/C24H37NO5Si/c1-9-18(19(26)16-29-31(7,8)23(2,3)4)21(27)25-20(24(5,6)30-22(25)28)15-17-13-11-10-12-14-17/h9-14,18-20,26H,1,15-16H2,2-8H3/t18-,19+,20-/m0/s1. The van der Waals surface area contributed by atoms with Crippen LogP contribution in [0.15, 0.2) is 43.0 Å². The monoisotopic (exact) mass is 447 g/mol. The van der Waals surface area contributed by atoms with Crippen molar-refractivity contribution < 1.29 is 23.9 Å². The van der Waals surface area contributed by atoms with Crippen LogP contribution in [0, 0.1) is 5.92 Å². The number of carbonyl (C=O) groups is 2. The van der Waals surface area contributed by atoms with Crippen LogP contribution in [-0.2, 0) is 20.4 Å². The lowest BCUT2D eigenvalue weighted by molar-refractivity contribution is -0.136. The minimum atomic E-state index is -2.10. The summed E-state index contributed by atoms with van der Waals surface area (Å²) in [4.78, 5) is 27.2. The maximum atomic E-state index is 13.4. The number of cyclic esters (lactones) is 1. The van der Waals surface area contributed by atoms with Gasteiger partial charge in [-0.25, -0.2) is 9.69 Å². The Labute approximate surface area is 187 Å². The van der Waals surface area contributed by atoms with Crippen molar-refractivity contribution in [3.8, 4) is 0 Å². The predicted molar refractivity (Wildman–Crippen MR) is 124 cm³/mol. The van der Waals surface area contributed by atoms with Gasteiger partial charge in [-0.05, 0) is 44.0 Å². The first-order valence-corrected chi connectivity index (χ1v) is 13.7. The summed E-state index contributed by atoms with van der Waals surface area (Å²) in [6, 6.07) is 9.16. The maximum Gasteiger partial charge on any atom is 0.417 e. The molecule has 2 amide bonds. The summed E-state index contributed by atoms with van der Waals surface area (Å²) in [5, 5.41) is 10.8. The van der Waals surface area contributed by atoms with Crippen LogP contribution >= 0.6 is 0 Å². The molecular formula is C24H37NO5Si. The molecule has 0 radical (unpaired) electrons. The van der Waals surface area contributed by atoms with Gasteiger partial charge in [-0.2, -0.15) is 0 Å². The Hall–Kier alpha value is -1.96. The third kappa shape index (κ3) is 5.64. The number of imide groups is 1. The Kier molecular flexibility index (Phi) is 7.56. The minimum absolute atomic E-state index is 0.00848. The third-order valence-electron chi connectivity index (χ3n) is 6.55. The van der Waals surface area contributed by atoms with E-state index in [1.54, 1.807) is 13.8 Å². The molecule has 172 valence electrons. The lowest BCUT2D eigenvalue weighted by Gasteiger charge is -2.37. The molecule has 1 aliphatic rings. The number of aliphatic hydroxyl groups excluding tert-OH is 1. The van der Waals surface area contributed by atoms with Crippen LogP contribution in [0.2, 0.25) is 18.1 Å². The van der Waals surface area contributed by atoms with Gasteiger partial charge in [0.2, 0.25) is 5.91 Å². The molecule has 7 heteroatoms. The molecule has 1 saturated heterocycles. The molecule has 0 saturated carbocycles. The van der Waals surface area contributed by atoms with Gasteiger partial charge < -0.3 is 14.3 Å². The fourth-order valence-corrected chi connectivity index (χ4v) is 4.42. The Bertz CT molecular complexity index is 800. The zero-order valence-electron chi connectivity index (χ0n) is 19.8. The number of hydrogen-bond donors (Lipinski definition) is 1. The minimum Gasteiger partial charge on any atom is -0.441 e. The molecule has 2 rings (SSSR count). The number of ether oxygens (including phenoxy) is 1. The van der Waals surface area contributed by atoms with Crippen molar-refractivity contribution in [2.24, 2.45) is 5.92 Å². The van der Waals surface area contributed by atoms with Crippen molar-refractivity contribution in [2.45, 2.75) is 76.9 Å². The first-order chi connectivity index (χ1) is 14.2. The molecule has 0 aromatic heterocycles. The highest BCUT2D eigenvalue weighted by Crippen LogP contribution is 2.37. The first-order valence-electron chi connectivity index (χ1n) is 10.8. The van der Waals surface area contributed by atoms with E-state index in [1.807, 2.05) is 30.3 Å². The molecule has 0 bridgehead atoms. The van der Waals surface area contributed by atoms with Gasteiger partial charge in [0.05, 0.1) is 24.7 Å². The number of nitrogens with zero attached hydrogens (tertiary/aromatic N) is 1. The number of aliphatic hydroxyl groups is 1. The highest BCUT2D eigenvalue weighted by Gasteiger charge is 2.52. The van der Waals surface area contributed by atoms with Crippen molar-refractivity contribution in [1.29, 1.82) is 0 Å². The Balaban J connectivity index is 2.21. The number of hydrogen-bond acceptors (Lipinski definition) is 5. The summed E-state index contributed by atoms with van der Waals surface area (Å²) in [6.07, 6.45) is 0.0552. The Morgan fingerprint density at radius 2 is 1.90 bits per heavy atom. The number of carbonyl (C=O) groups excluding carboxylic acids is 2. The van der Waals surface area contributed by atoms with E-state index in [1.165, 1.54) is 6.08 Å². The topological polar surface area (TPSA) is 76.1 Å². The zero-order valence-corrected chi connectivity index (χ0v) is 20.8. The molecule has 3 atom stereocenters. The van der Waals surface area contributed by atoms with Crippen LogP contribution < -0.4 is 0 Å². The molecule has 1 aliphatic heterocycles. The van der Waals surface area contributed by atoms with E-state index in [9.17, 15) is 14.7 Å². The smallest absolute Gasteiger partial charge is 0.417 e. The number of benzene rings is 1. The van der Waals surface area contributed by atoms with Gasteiger partial charge >= 0.3 is 6.09 Å². The summed E-state index contributed by atoms with van der Waals surface area (Å²) in [5.74, 6) is -1.48. The summed E-state index contributed by atoms with van der Waals surface area (Å²) in [5.41, 5.74) is 0.144. The van der Waals surface area contributed by atoms with Crippen LogP contribution in [0.5, 0.6) is 0 Å². The van der Waals surface area contributed by atoms with Gasteiger partial charge in [-0.15, -0.1) is 6.58 Å². The fraction of sp³-hybridized carbons (Fsp3) is 0.583. The van der Waals surface area contributed by atoms with Gasteiger partial charge in [0.25, 0.3) is 0 Å². The molecule has 1 N–H and O–H groups in total. The number of amides is 2. The summed E-state index contributed by atoms with van der Waals surface area (Å²) < 4.78 is 11.6. The van der Waals surface area contributed by atoms with E-state index < -0.39 is 44.0 Å². The highest BCUT2D eigenvalue weighted by atomic mass is 28.4. The highest BCUT2D eigenvalue weighted by molar-refractivity contribution is 6.74. The van der Waals surface area contributed by atoms with Crippen LogP contribution in [0.4, 0.5) is 4.79 Å². The molecule has 1 aromatic carbocycles. The van der Waals surface area contributed by atoms with E-state index in [-0.39, 0.29) is 11.6 Å². The average Bonchev–Trinajstić information content (AvgIpc) is 2.88. The Morgan fingerprint density at radius 3 is 2.42 bits per heavy atom. The van der Waals surface area contributed by atoms with E-state index in [0.717, 1.165) is 10.5 Å². The second kappa shape index (κ2) is 9.26. The average molecular weight is 448 g/mol. The Morgan fingerprint density at radius 1 is 1.32 bits per heavy atom. The molecule has 6 nitrogen and oxygen atoms in total. The molecule has 31 heavy (non-hydrogen) atoms. The molecule has 0 spiro atoms. The van der Waals surface area contributed by atoms with E-state index >= 15 is 0 Å². The van der Waals surface area contributed by atoms with Crippen LogP contribution in [0.25, 0.3) is 0 Å². The largest absolute Gasteiger partial charge is 0.441 e. The van der Waals surface area contributed by atoms with E-state index in [4.69, 9.17) is 9.16 Å². The van der Waals surface area contributed by atoms with E-state index in [0.29, 0.717) is 6.42 Å². The van der Waals surface area contributed by atoms with Crippen LogP contribution in [0.1, 0.15) is 40.2 Å². The van der Waals surface area contributed by atoms with Gasteiger partial charge in [-0.1, -0.05) is 57.2 Å². The number of rotatable bonds is 8. The van der Waals surface area contributed by atoms with Gasteiger partial charge in [0, 0.05) is 0 Å². The van der Waals surface area contributed by atoms with Crippen molar-refractivity contribution in [2.75, 3.05) is 6.61 Å². The normalized spacial score (nSPS) is 20.8. The molecule has 0 aliphatic carbocycles. The van der Waals surface area contributed by atoms with Gasteiger partial charge in [0.15, 0.2) is 8.32 Å². The summed E-state index contributed by atoms with van der Waals surface area (Å²) in [6.45, 7) is 17.8. The lowest BCUT2D eigenvalue weighted by atomic mass is 9.90. The summed E-state index contributed by atoms with van der Waals surface area (Å²) in [7, 11) is -2.10. The van der Waals surface area contributed by atoms with Crippen molar-refractivity contribution >= 4 is 20.3 Å². The van der Waals surface area contributed by atoms with Crippen LogP contribution in [-0.4, -0.2) is 54.7 Å². The second-order valence-electron chi connectivity index (χ2n) is 10.3. The van der Waals surface area contributed by atoms with Crippen molar-refractivity contribution in [3.63, 3.8) is 0 Å². The van der Waals surface area contributed by atoms with Gasteiger partial charge in [0.1, 0.15) is 5.60 Å². The predicted octanol–water partition coefficient (Wildman–Crippen LogP) is 4.54. The van der Waals surface area contributed by atoms with E-state index in [2.05, 4.69) is 40.4 Å². The first kappa shape index (κ1) is 25.3. The fourth-order valence-electron chi connectivity index (χ4n) is 3.40. The van der Waals surface area contributed by atoms with Crippen LogP contribution in [0.3, 0.4) is 0 Å². The quantitative estimate of drug-likeness (QED) is 0.468. The molecular weight excluding hydrogens is 410 g/mol. The molecule has 1 aromatic rings. The van der Waals surface area contributed by atoms with Crippen molar-refractivity contribution in [1.82, 2.24) is 4.90 Å². The lowest BCUT2D eigenvalue weighted by Crippen LogP contribution is -2.51. The SMILES string of the molecule is C=C[C@H](C(=O)N1C(=O)OC(C)(C)[C@@H]1Cc1ccccc1)[C@H](O)CO[Si](C)(C)C(C)(C)C. The maximum absolute atomic E-state index is 13.4. The molecule has 1 heterocycles. The zero-order chi connectivity index (χ0) is 23.6. The van der Waals surface area contributed by atoms with Crippen molar-refractivity contribution in [3.05, 3.63) is 48.6 Å². The molecule has 0 unspecified atom stereocenters. The molecule has 1 fully saturated rings. The van der Waals surface area contributed by atoms with Gasteiger partial charge in [-0.3, -0.25) is 4.79 Å².